The van der Waals surface area contributed by atoms with E-state index in [1.807, 2.05) is 0 Å². The van der Waals surface area contributed by atoms with Gasteiger partial charge in [-0.1, -0.05) is 0 Å². The Morgan fingerprint density at radius 2 is 1.95 bits per heavy atom. The molecule has 19 heavy (non-hydrogen) atoms. The molecule has 1 rings (SSSR count). The van der Waals surface area contributed by atoms with Crippen LogP contribution in [0, 0.1) is 0 Å². The van der Waals surface area contributed by atoms with E-state index in [-0.39, 0.29) is 6.04 Å². The molecule has 1 atom stereocenters. The summed E-state index contributed by atoms with van der Waals surface area (Å²) in [5.41, 5.74) is 4.97. The first-order valence-electron chi connectivity index (χ1n) is 6.43. The highest BCUT2D eigenvalue weighted by Crippen LogP contribution is 2.14. The third-order valence-electron chi connectivity index (χ3n) is 3.45. The van der Waals surface area contributed by atoms with Crippen molar-refractivity contribution >= 4 is 15.9 Å². The van der Waals surface area contributed by atoms with E-state index in [4.69, 9.17) is 10.8 Å². The predicted octanol–water partition coefficient (Wildman–Crippen LogP) is -1.38. The lowest BCUT2D eigenvalue weighted by Crippen LogP contribution is -2.51. The van der Waals surface area contributed by atoms with Gasteiger partial charge in [-0.2, -0.15) is 0 Å². The minimum Gasteiger partial charge on any atom is -0.394 e. The van der Waals surface area contributed by atoms with Crippen molar-refractivity contribution in [2.45, 2.75) is 44.0 Å². The molecule has 112 valence electrons. The topological polar surface area (TPSA) is 113 Å². The van der Waals surface area contributed by atoms with Crippen molar-refractivity contribution in [3.05, 3.63) is 0 Å². The number of rotatable bonds is 6. The Labute approximate surface area is 114 Å². The van der Waals surface area contributed by atoms with Gasteiger partial charge in [0.25, 0.3) is 0 Å². The largest absolute Gasteiger partial charge is 0.394 e. The average Bonchev–Trinajstić information content (AvgIpc) is 2.28. The van der Waals surface area contributed by atoms with Crippen LogP contribution < -0.4 is 10.5 Å². The summed E-state index contributed by atoms with van der Waals surface area (Å²) in [4.78, 5) is 13.3. The van der Waals surface area contributed by atoms with E-state index < -0.39 is 27.8 Å². The zero-order chi connectivity index (χ0) is 14.6. The quantitative estimate of drug-likeness (QED) is 0.559. The summed E-state index contributed by atoms with van der Waals surface area (Å²) in [5, 5.41) is 7.37. The molecule has 4 N–H and O–H groups in total. The zero-order valence-electron chi connectivity index (χ0n) is 11.4. The van der Waals surface area contributed by atoms with Crippen molar-refractivity contribution in [1.29, 1.82) is 0 Å². The smallest absolute Gasteiger partial charge is 0.239 e. The van der Waals surface area contributed by atoms with Crippen LogP contribution in [0.15, 0.2) is 0 Å². The van der Waals surface area contributed by atoms with Crippen molar-refractivity contribution in [2.75, 3.05) is 19.7 Å². The molecule has 0 aromatic carbocycles. The van der Waals surface area contributed by atoms with Crippen LogP contribution in [0.25, 0.3) is 0 Å². The first kappa shape index (κ1) is 16.4. The Bertz CT molecular complexity index is 402. The van der Waals surface area contributed by atoms with E-state index in [0.29, 0.717) is 18.9 Å². The molecule has 1 amide bonds. The molecule has 0 spiro atoms. The molecule has 0 radical (unpaired) electrons. The van der Waals surface area contributed by atoms with Gasteiger partial charge in [0.2, 0.25) is 15.9 Å². The number of likely N-dealkylation sites (tertiary alicyclic amines) is 1. The number of nitrogens with one attached hydrogen (secondary N) is 1. The summed E-state index contributed by atoms with van der Waals surface area (Å²) < 4.78 is 26.3. The number of aliphatic hydroxyl groups is 1. The normalized spacial score (nSPS) is 20.6. The van der Waals surface area contributed by atoms with Gasteiger partial charge in [-0.05, 0) is 39.8 Å². The number of amides is 1. The Hall–Kier alpha value is -0.700. The van der Waals surface area contributed by atoms with Gasteiger partial charge in [0.1, 0.15) is 0 Å². The highest BCUT2D eigenvalue weighted by atomic mass is 32.2. The molecule has 0 bridgehead atoms. The molecule has 1 aliphatic rings. The number of carbonyl (C=O) groups is 1. The lowest BCUT2D eigenvalue weighted by molar-refractivity contribution is -0.118. The van der Waals surface area contributed by atoms with E-state index in [2.05, 4.69) is 23.5 Å². The van der Waals surface area contributed by atoms with Crippen molar-refractivity contribution < 1.29 is 18.3 Å². The second-order valence-corrected chi connectivity index (χ2v) is 7.04. The van der Waals surface area contributed by atoms with Gasteiger partial charge in [0.05, 0.1) is 6.61 Å². The fourth-order valence-electron chi connectivity index (χ4n) is 2.19. The monoisotopic (exact) mass is 293 g/mol. The number of primary amides is 1. The van der Waals surface area contributed by atoms with Crippen LogP contribution >= 0.6 is 0 Å². The number of nitrogens with two attached hydrogens (primary N) is 1. The van der Waals surface area contributed by atoms with Crippen molar-refractivity contribution in [1.82, 2.24) is 9.62 Å². The Morgan fingerprint density at radius 3 is 2.32 bits per heavy atom. The van der Waals surface area contributed by atoms with E-state index in [0.717, 1.165) is 13.1 Å². The predicted molar refractivity (Wildman–Crippen MR) is 71.9 cm³/mol. The van der Waals surface area contributed by atoms with Crippen molar-refractivity contribution in [2.24, 2.45) is 5.73 Å². The van der Waals surface area contributed by atoms with Crippen LogP contribution in [0.1, 0.15) is 26.7 Å². The standard InChI is InChI=1S/C11H23N3O4S/c1-8(2)14-5-3-9(4-6-14)13-19(17,18)10(7-15)11(12)16/h8-10,13,15H,3-7H2,1-2H3,(H2,12,16). The maximum Gasteiger partial charge on any atom is 0.239 e. The van der Waals surface area contributed by atoms with Gasteiger partial charge in [0.15, 0.2) is 5.25 Å². The van der Waals surface area contributed by atoms with Gasteiger partial charge in [0, 0.05) is 12.1 Å². The maximum absolute atomic E-state index is 11.9. The van der Waals surface area contributed by atoms with Gasteiger partial charge in [-0.25, -0.2) is 13.1 Å². The molecule has 1 fully saturated rings. The third-order valence-corrected chi connectivity index (χ3v) is 5.24. The van der Waals surface area contributed by atoms with Crippen molar-refractivity contribution in [3.8, 4) is 0 Å². The lowest BCUT2D eigenvalue weighted by Gasteiger charge is -2.35. The van der Waals surface area contributed by atoms with Crippen LogP contribution in [0.4, 0.5) is 0 Å². The first-order valence-corrected chi connectivity index (χ1v) is 7.98. The molecule has 1 heterocycles. The lowest BCUT2D eigenvalue weighted by atomic mass is 10.1. The van der Waals surface area contributed by atoms with Gasteiger partial charge in [-0.3, -0.25) is 4.79 Å². The molecule has 0 aromatic heterocycles. The number of piperidine rings is 1. The van der Waals surface area contributed by atoms with Crippen molar-refractivity contribution in [3.63, 3.8) is 0 Å². The fourth-order valence-corrected chi connectivity index (χ4v) is 3.56. The fraction of sp³-hybridized carbons (Fsp3) is 0.909. The van der Waals surface area contributed by atoms with E-state index >= 15 is 0 Å². The highest BCUT2D eigenvalue weighted by molar-refractivity contribution is 7.90. The molecular weight excluding hydrogens is 270 g/mol. The van der Waals surface area contributed by atoms with E-state index in [9.17, 15) is 13.2 Å². The minimum atomic E-state index is -3.90. The number of nitrogens with zero attached hydrogens (tertiary/aromatic N) is 1. The van der Waals surface area contributed by atoms with Crippen LogP contribution in [0.3, 0.4) is 0 Å². The SMILES string of the molecule is CC(C)N1CCC(NS(=O)(=O)C(CO)C(N)=O)CC1. The van der Waals surface area contributed by atoms with E-state index in [1.165, 1.54) is 0 Å². The van der Waals surface area contributed by atoms with Crippen LogP contribution in [-0.4, -0.2) is 61.4 Å². The average molecular weight is 293 g/mol. The molecule has 0 aliphatic carbocycles. The summed E-state index contributed by atoms with van der Waals surface area (Å²) in [6.07, 6.45) is 1.38. The number of hydrogen-bond donors (Lipinski definition) is 3. The Morgan fingerprint density at radius 1 is 1.42 bits per heavy atom. The summed E-state index contributed by atoms with van der Waals surface area (Å²) in [6, 6.07) is 0.238. The molecule has 1 aliphatic heterocycles. The van der Waals surface area contributed by atoms with Gasteiger partial charge in [-0.15, -0.1) is 0 Å². The Kier molecular flexibility index (Phi) is 5.72. The van der Waals surface area contributed by atoms with Gasteiger partial charge >= 0.3 is 0 Å². The number of carbonyl (C=O) groups excluding carboxylic acids is 1. The minimum absolute atomic E-state index is 0.201. The second-order valence-electron chi connectivity index (χ2n) is 5.14. The van der Waals surface area contributed by atoms with Crippen LogP contribution in [0.2, 0.25) is 0 Å². The highest BCUT2D eigenvalue weighted by Gasteiger charge is 2.33. The summed E-state index contributed by atoms with van der Waals surface area (Å²) in [7, 11) is -3.90. The van der Waals surface area contributed by atoms with Gasteiger partial charge < -0.3 is 15.7 Å². The molecule has 0 aromatic rings. The van der Waals surface area contributed by atoms with Crippen LogP contribution in [0.5, 0.6) is 0 Å². The first-order chi connectivity index (χ1) is 8.77. The summed E-state index contributed by atoms with van der Waals surface area (Å²) in [6.45, 7) is 5.02. The summed E-state index contributed by atoms with van der Waals surface area (Å²) >= 11 is 0. The summed E-state index contributed by atoms with van der Waals surface area (Å²) in [5.74, 6) is -1.03. The molecule has 0 saturated carbocycles. The molecule has 1 unspecified atom stereocenters. The second kappa shape index (κ2) is 6.65. The molecule has 8 heteroatoms. The number of sulfonamides is 1. The maximum atomic E-state index is 11.9. The molecule has 7 nitrogen and oxygen atoms in total. The number of hydrogen-bond acceptors (Lipinski definition) is 5. The molecular formula is C11H23N3O4S. The number of aliphatic hydroxyl groups excluding tert-OH is 1. The molecule has 1 saturated heterocycles. The third kappa shape index (κ3) is 4.41. The van der Waals surface area contributed by atoms with E-state index in [1.54, 1.807) is 0 Å². The van der Waals surface area contributed by atoms with Crippen LogP contribution in [-0.2, 0) is 14.8 Å². The Balaban J connectivity index is 2.59. The zero-order valence-corrected chi connectivity index (χ0v) is 12.2.